The minimum atomic E-state index is -0.593. The molecule has 0 aromatic heterocycles. The molecule has 1 aliphatic rings. The highest BCUT2D eigenvalue weighted by Gasteiger charge is 2.22. The fourth-order valence-electron chi connectivity index (χ4n) is 2.67. The lowest BCUT2D eigenvalue weighted by atomic mass is 10.0. The van der Waals surface area contributed by atoms with Gasteiger partial charge in [0.15, 0.2) is 6.61 Å². The van der Waals surface area contributed by atoms with Crippen LogP contribution in [-0.2, 0) is 4.79 Å². The molecule has 3 N–H and O–H groups in total. The van der Waals surface area contributed by atoms with Crippen molar-refractivity contribution in [2.24, 2.45) is 5.73 Å². The average Bonchev–Trinajstić information content (AvgIpc) is 2.60. The molecule has 0 unspecified atom stereocenters. The van der Waals surface area contributed by atoms with Crippen LogP contribution >= 0.6 is 0 Å². The van der Waals surface area contributed by atoms with Gasteiger partial charge < -0.3 is 20.5 Å². The molecule has 1 heterocycles. The smallest absolute Gasteiger partial charge is 0.258 e. The summed E-state index contributed by atoms with van der Waals surface area (Å²) in [7, 11) is 0. The molecule has 2 amide bonds. The van der Waals surface area contributed by atoms with Gasteiger partial charge in [0.05, 0.1) is 18.2 Å². The fraction of sp³-hybridized carbons (Fsp3) is 0.222. The SMILES string of the molecule is NC(=O)c1ccccc1OCC(=O)N[C@@H]1CCOc2ccccc21. The third-order valence-corrected chi connectivity index (χ3v) is 3.81. The number of nitrogens with one attached hydrogen (secondary N) is 1. The van der Waals surface area contributed by atoms with E-state index in [0.717, 1.165) is 11.3 Å². The molecule has 124 valence electrons. The topological polar surface area (TPSA) is 90.7 Å². The number of rotatable bonds is 5. The van der Waals surface area contributed by atoms with Crippen molar-refractivity contribution in [3.05, 3.63) is 59.7 Å². The predicted molar refractivity (Wildman–Crippen MR) is 87.9 cm³/mol. The summed E-state index contributed by atoms with van der Waals surface area (Å²) in [5.74, 6) is 0.224. The average molecular weight is 326 g/mol. The van der Waals surface area contributed by atoms with Gasteiger partial charge in [-0.15, -0.1) is 0 Å². The fourth-order valence-corrected chi connectivity index (χ4v) is 2.67. The molecular formula is C18H18N2O4. The van der Waals surface area contributed by atoms with Gasteiger partial charge in [-0.2, -0.15) is 0 Å². The maximum atomic E-state index is 12.2. The monoisotopic (exact) mass is 326 g/mol. The molecular weight excluding hydrogens is 308 g/mol. The summed E-state index contributed by atoms with van der Waals surface area (Å²) in [5.41, 5.74) is 6.50. The van der Waals surface area contributed by atoms with E-state index in [0.29, 0.717) is 18.8 Å². The molecule has 3 rings (SSSR count). The van der Waals surface area contributed by atoms with Crippen LogP contribution in [0.1, 0.15) is 28.4 Å². The number of hydrogen-bond donors (Lipinski definition) is 2. The highest BCUT2D eigenvalue weighted by atomic mass is 16.5. The predicted octanol–water partition coefficient (Wildman–Crippen LogP) is 1.80. The number of primary amides is 1. The number of nitrogens with two attached hydrogens (primary N) is 1. The number of ether oxygens (including phenoxy) is 2. The number of fused-ring (bicyclic) bond motifs is 1. The van der Waals surface area contributed by atoms with Crippen LogP contribution in [-0.4, -0.2) is 25.0 Å². The van der Waals surface area contributed by atoms with Gasteiger partial charge in [-0.05, 0) is 18.2 Å². The molecule has 6 heteroatoms. The van der Waals surface area contributed by atoms with Crippen molar-refractivity contribution in [3.8, 4) is 11.5 Å². The molecule has 1 atom stereocenters. The first kappa shape index (κ1) is 15.9. The van der Waals surface area contributed by atoms with E-state index in [1.165, 1.54) is 0 Å². The Labute approximate surface area is 139 Å². The highest BCUT2D eigenvalue weighted by molar-refractivity contribution is 5.95. The number of para-hydroxylation sites is 2. The Hall–Kier alpha value is -3.02. The molecule has 24 heavy (non-hydrogen) atoms. The quantitative estimate of drug-likeness (QED) is 0.876. The van der Waals surface area contributed by atoms with Crippen molar-refractivity contribution in [2.75, 3.05) is 13.2 Å². The second-order valence-electron chi connectivity index (χ2n) is 5.44. The second-order valence-corrected chi connectivity index (χ2v) is 5.44. The number of benzene rings is 2. The maximum absolute atomic E-state index is 12.2. The summed E-state index contributed by atoms with van der Waals surface area (Å²) in [5, 5.41) is 2.93. The largest absolute Gasteiger partial charge is 0.493 e. The van der Waals surface area contributed by atoms with Gasteiger partial charge in [0.25, 0.3) is 11.8 Å². The Balaban J connectivity index is 1.62. The van der Waals surface area contributed by atoms with Crippen molar-refractivity contribution < 1.29 is 19.1 Å². The molecule has 1 aliphatic heterocycles. The number of carbonyl (C=O) groups excluding carboxylic acids is 2. The molecule has 6 nitrogen and oxygen atoms in total. The van der Waals surface area contributed by atoms with E-state index in [1.54, 1.807) is 24.3 Å². The van der Waals surface area contributed by atoms with Crippen LogP contribution in [0.3, 0.4) is 0 Å². The zero-order valence-corrected chi connectivity index (χ0v) is 13.0. The van der Waals surface area contributed by atoms with Crippen LogP contribution in [0.25, 0.3) is 0 Å². The maximum Gasteiger partial charge on any atom is 0.258 e. The first-order valence-electron chi connectivity index (χ1n) is 7.68. The third-order valence-electron chi connectivity index (χ3n) is 3.81. The van der Waals surface area contributed by atoms with Crippen LogP contribution < -0.4 is 20.5 Å². The number of amides is 2. The van der Waals surface area contributed by atoms with Crippen molar-refractivity contribution in [1.29, 1.82) is 0 Å². The normalized spacial score (nSPS) is 15.8. The minimum absolute atomic E-state index is 0.113. The standard InChI is InChI=1S/C18H18N2O4/c19-18(22)13-6-2-4-8-16(13)24-11-17(21)20-14-9-10-23-15-7-3-1-5-12(14)15/h1-8,14H,9-11H2,(H2,19,22)(H,20,21)/t14-/m1/s1. The molecule has 0 saturated carbocycles. The van der Waals surface area contributed by atoms with Crippen molar-refractivity contribution >= 4 is 11.8 Å². The molecule has 0 fully saturated rings. The summed E-state index contributed by atoms with van der Waals surface area (Å²) in [4.78, 5) is 23.5. The summed E-state index contributed by atoms with van der Waals surface area (Å²) in [6.07, 6.45) is 0.695. The number of carbonyl (C=O) groups is 2. The van der Waals surface area contributed by atoms with Crippen LogP contribution in [0.2, 0.25) is 0 Å². The van der Waals surface area contributed by atoms with Gasteiger partial charge in [-0.1, -0.05) is 30.3 Å². The van der Waals surface area contributed by atoms with Gasteiger partial charge in [-0.25, -0.2) is 0 Å². The second kappa shape index (κ2) is 7.04. The Kier molecular flexibility index (Phi) is 4.65. The van der Waals surface area contributed by atoms with E-state index >= 15 is 0 Å². The van der Waals surface area contributed by atoms with Crippen LogP contribution in [0.5, 0.6) is 11.5 Å². The van der Waals surface area contributed by atoms with Gasteiger partial charge in [0, 0.05) is 12.0 Å². The molecule has 2 aromatic rings. The van der Waals surface area contributed by atoms with E-state index in [2.05, 4.69) is 5.32 Å². The van der Waals surface area contributed by atoms with Gasteiger partial charge in [0.2, 0.25) is 0 Å². The van der Waals surface area contributed by atoms with E-state index in [9.17, 15) is 9.59 Å². The highest BCUT2D eigenvalue weighted by Crippen LogP contribution is 2.31. The molecule has 2 aromatic carbocycles. The van der Waals surface area contributed by atoms with E-state index < -0.39 is 5.91 Å². The lowest BCUT2D eigenvalue weighted by molar-refractivity contribution is -0.124. The van der Waals surface area contributed by atoms with Crippen LogP contribution in [0, 0.1) is 0 Å². The summed E-state index contributed by atoms with van der Waals surface area (Å²) in [6, 6.07) is 14.1. The zero-order chi connectivity index (χ0) is 16.9. The zero-order valence-electron chi connectivity index (χ0n) is 13.0. The number of hydrogen-bond acceptors (Lipinski definition) is 4. The van der Waals surface area contributed by atoms with Gasteiger partial charge in [-0.3, -0.25) is 9.59 Å². The molecule has 0 saturated heterocycles. The first-order valence-corrected chi connectivity index (χ1v) is 7.68. The summed E-state index contributed by atoms with van der Waals surface area (Å²) in [6.45, 7) is 0.358. The first-order chi connectivity index (χ1) is 11.6. The van der Waals surface area contributed by atoms with Crippen molar-refractivity contribution in [2.45, 2.75) is 12.5 Å². The molecule has 0 spiro atoms. The van der Waals surface area contributed by atoms with Gasteiger partial charge >= 0.3 is 0 Å². The third kappa shape index (κ3) is 3.48. The van der Waals surface area contributed by atoms with Crippen LogP contribution in [0.4, 0.5) is 0 Å². The minimum Gasteiger partial charge on any atom is -0.493 e. The Morgan fingerprint density at radius 2 is 1.92 bits per heavy atom. The molecule has 0 radical (unpaired) electrons. The lowest BCUT2D eigenvalue weighted by Gasteiger charge is -2.26. The molecule has 0 aliphatic carbocycles. The van der Waals surface area contributed by atoms with Crippen molar-refractivity contribution in [3.63, 3.8) is 0 Å². The van der Waals surface area contributed by atoms with E-state index in [-0.39, 0.29) is 24.1 Å². The summed E-state index contributed by atoms with van der Waals surface area (Å²) >= 11 is 0. The Morgan fingerprint density at radius 3 is 2.75 bits per heavy atom. The van der Waals surface area contributed by atoms with Crippen molar-refractivity contribution in [1.82, 2.24) is 5.32 Å². The lowest BCUT2D eigenvalue weighted by Crippen LogP contribution is -2.35. The van der Waals surface area contributed by atoms with E-state index in [1.807, 2.05) is 24.3 Å². The summed E-state index contributed by atoms with van der Waals surface area (Å²) < 4.78 is 11.0. The van der Waals surface area contributed by atoms with Crippen LogP contribution in [0.15, 0.2) is 48.5 Å². The Bertz CT molecular complexity index is 760. The van der Waals surface area contributed by atoms with E-state index in [4.69, 9.17) is 15.2 Å². The Morgan fingerprint density at radius 1 is 1.17 bits per heavy atom. The van der Waals surface area contributed by atoms with Gasteiger partial charge in [0.1, 0.15) is 11.5 Å². The molecule has 0 bridgehead atoms.